The molecule has 20 heavy (non-hydrogen) atoms. The number of hydrogen-bond acceptors (Lipinski definition) is 2. The van der Waals surface area contributed by atoms with Crippen LogP contribution in [0.2, 0.25) is 0 Å². The standard InChI is InChI=1S/C18H27NO/c1-13-11-17(20-5)16(18(2,3)4)12-15(13)14-7-6-9-19-10-8-14/h7,11-12,19H,6,8-10H2,1-5H3. The third kappa shape index (κ3) is 3.24. The number of benzene rings is 1. The summed E-state index contributed by atoms with van der Waals surface area (Å²) in [6.07, 6.45) is 4.61. The molecule has 0 unspecified atom stereocenters. The lowest BCUT2D eigenvalue weighted by molar-refractivity contribution is 0.397. The Morgan fingerprint density at radius 2 is 1.90 bits per heavy atom. The lowest BCUT2D eigenvalue weighted by Crippen LogP contribution is -2.15. The monoisotopic (exact) mass is 273 g/mol. The highest BCUT2D eigenvalue weighted by Crippen LogP contribution is 2.36. The third-order valence-corrected chi connectivity index (χ3v) is 3.98. The first-order chi connectivity index (χ1) is 9.43. The molecule has 0 saturated carbocycles. The van der Waals surface area contributed by atoms with E-state index in [4.69, 9.17) is 4.74 Å². The van der Waals surface area contributed by atoms with Gasteiger partial charge in [-0.3, -0.25) is 0 Å². The smallest absolute Gasteiger partial charge is 0.122 e. The molecule has 0 bridgehead atoms. The zero-order valence-corrected chi connectivity index (χ0v) is 13.5. The fraction of sp³-hybridized carbons (Fsp3) is 0.556. The van der Waals surface area contributed by atoms with Crippen LogP contribution in [0.1, 0.15) is 50.3 Å². The second kappa shape index (κ2) is 6.01. The molecule has 1 aromatic carbocycles. The molecular weight excluding hydrogens is 246 g/mol. The Morgan fingerprint density at radius 3 is 2.55 bits per heavy atom. The van der Waals surface area contributed by atoms with Crippen LogP contribution in [0.5, 0.6) is 5.75 Å². The van der Waals surface area contributed by atoms with Crippen LogP contribution in [0.25, 0.3) is 5.57 Å². The van der Waals surface area contributed by atoms with Crippen molar-refractivity contribution in [2.24, 2.45) is 0 Å². The zero-order valence-electron chi connectivity index (χ0n) is 13.5. The van der Waals surface area contributed by atoms with Crippen molar-refractivity contribution in [2.75, 3.05) is 20.2 Å². The van der Waals surface area contributed by atoms with Crippen LogP contribution in [-0.4, -0.2) is 20.2 Å². The van der Waals surface area contributed by atoms with E-state index >= 15 is 0 Å². The number of rotatable bonds is 2. The molecule has 0 spiro atoms. The lowest BCUT2D eigenvalue weighted by Gasteiger charge is -2.24. The maximum Gasteiger partial charge on any atom is 0.122 e. The Morgan fingerprint density at radius 1 is 1.15 bits per heavy atom. The Hall–Kier alpha value is -1.28. The maximum absolute atomic E-state index is 5.59. The highest BCUT2D eigenvalue weighted by atomic mass is 16.5. The molecule has 110 valence electrons. The lowest BCUT2D eigenvalue weighted by atomic mass is 9.83. The summed E-state index contributed by atoms with van der Waals surface area (Å²) in [4.78, 5) is 0. The summed E-state index contributed by atoms with van der Waals surface area (Å²) in [6, 6.07) is 4.53. The van der Waals surface area contributed by atoms with Crippen molar-refractivity contribution in [1.29, 1.82) is 0 Å². The van der Waals surface area contributed by atoms with Gasteiger partial charge in [-0.1, -0.05) is 26.8 Å². The second-order valence-corrected chi connectivity index (χ2v) is 6.64. The van der Waals surface area contributed by atoms with E-state index < -0.39 is 0 Å². The summed E-state index contributed by atoms with van der Waals surface area (Å²) in [7, 11) is 1.76. The molecule has 1 aliphatic heterocycles. The molecule has 1 aliphatic rings. The van der Waals surface area contributed by atoms with Gasteiger partial charge in [0, 0.05) is 5.56 Å². The molecule has 1 heterocycles. The van der Waals surface area contributed by atoms with Gasteiger partial charge < -0.3 is 10.1 Å². The molecule has 1 aromatic rings. The van der Waals surface area contributed by atoms with E-state index in [1.807, 2.05) is 0 Å². The van der Waals surface area contributed by atoms with Crippen molar-refractivity contribution in [3.05, 3.63) is 34.9 Å². The fourth-order valence-electron chi connectivity index (χ4n) is 2.83. The molecular formula is C18H27NO. The van der Waals surface area contributed by atoms with Gasteiger partial charge in [-0.15, -0.1) is 0 Å². The van der Waals surface area contributed by atoms with Crippen LogP contribution in [-0.2, 0) is 5.41 Å². The van der Waals surface area contributed by atoms with E-state index in [9.17, 15) is 0 Å². The molecule has 0 atom stereocenters. The average molecular weight is 273 g/mol. The van der Waals surface area contributed by atoms with Gasteiger partial charge in [0.25, 0.3) is 0 Å². The quantitative estimate of drug-likeness (QED) is 0.877. The number of aryl methyl sites for hydroxylation is 1. The van der Waals surface area contributed by atoms with E-state index in [-0.39, 0.29) is 5.41 Å². The molecule has 2 rings (SSSR count). The summed E-state index contributed by atoms with van der Waals surface area (Å²) in [5.74, 6) is 1.01. The Labute approximate surface area is 123 Å². The number of nitrogens with one attached hydrogen (secondary N) is 1. The van der Waals surface area contributed by atoms with Gasteiger partial charge in [-0.05, 0) is 67.1 Å². The highest BCUT2D eigenvalue weighted by Gasteiger charge is 2.21. The van der Waals surface area contributed by atoms with E-state index in [1.165, 1.54) is 22.3 Å². The van der Waals surface area contributed by atoms with E-state index in [0.717, 1.165) is 31.7 Å². The van der Waals surface area contributed by atoms with Gasteiger partial charge in [0.1, 0.15) is 5.75 Å². The zero-order chi connectivity index (χ0) is 14.8. The SMILES string of the molecule is COc1cc(C)c(C2=CCCNCC2)cc1C(C)(C)C. The summed E-state index contributed by atoms with van der Waals surface area (Å²) >= 11 is 0. The van der Waals surface area contributed by atoms with Crippen molar-refractivity contribution < 1.29 is 4.74 Å². The van der Waals surface area contributed by atoms with Crippen molar-refractivity contribution >= 4 is 5.57 Å². The van der Waals surface area contributed by atoms with Crippen LogP contribution in [0.4, 0.5) is 0 Å². The van der Waals surface area contributed by atoms with Gasteiger partial charge in [-0.25, -0.2) is 0 Å². The van der Waals surface area contributed by atoms with E-state index in [1.54, 1.807) is 7.11 Å². The predicted octanol–water partition coefficient (Wildman–Crippen LogP) is 4.07. The van der Waals surface area contributed by atoms with Crippen LogP contribution in [0.15, 0.2) is 18.2 Å². The fourth-order valence-corrected chi connectivity index (χ4v) is 2.83. The summed E-state index contributed by atoms with van der Waals surface area (Å²) < 4.78 is 5.59. The molecule has 0 aromatic heterocycles. The Bertz CT molecular complexity index is 509. The topological polar surface area (TPSA) is 21.3 Å². The third-order valence-electron chi connectivity index (χ3n) is 3.98. The number of ether oxygens (including phenoxy) is 1. The van der Waals surface area contributed by atoms with Gasteiger partial charge >= 0.3 is 0 Å². The van der Waals surface area contributed by atoms with Crippen molar-refractivity contribution in [1.82, 2.24) is 5.32 Å². The van der Waals surface area contributed by atoms with Crippen LogP contribution < -0.4 is 10.1 Å². The molecule has 0 radical (unpaired) electrons. The highest BCUT2D eigenvalue weighted by molar-refractivity contribution is 5.70. The molecule has 2 nitrogen and oxygen atoms in total. The summed E-state index contributed by atoms with van der Waals surface area (Å²) in [5, 5.41) is 3.46. The molecule has 0 aliphatic carbocycles. The molecule has 0 fully saturated rings. The molecule has 0 saturated heterocycles. The van der Waals surface area contributed by atoms with Crippen LogP contribution in [0.3, 0.4) is 0 Å². The summed E-state index contributed by atoms with van der Waals surface area (Å²) in [6.45, 7) is 11.1. The minimum Gasteiger partial charge on any atom is -0.496 e. The maximum atomic E-state index is 5.59. The average Bonchev–Trinajstić information content (AvgIpc) is 2.65. The van der Waals surface area contributed by atoms with Gasteiger partial charge in [0.05, 0.1) is 7.11 Å². The minimum absolute atomic E-state index is 0.0946. The minimum atomic E-state index is 0.0946. The number of methoxy groups -OCH3 is 1. The first kappa shape index (κ1) is 15.1. The van der Waals surface area contributed by atoms with E-state index in [0.29, 0.717) is 0 Å². The van der Waals surface area contributed by atoms with Crippen molar-refractivity contribution in [2.45, 2.75) is 46.0 Å². The van der Waals surface area contributed by atoms with Crippen molar-refractivity contribution in [3.8, 4) is 5.75 Å². The second-order valence-electron chi connectivity index (χ2n) is 6.64. The number of hydrogen-bond donors (Lipinski definition) is 1. The molecule has 1 N–H and O–H groups in total. The summed E-state index contributed by atoms with van der Waals surface area (Å²) in [5.41, 5.74) is 5.55. The Balaban J connectivity index is 2.51. The van der Waals surface area contributed by atoms with Crippen molar-refractivity contribution in [3.63, 3.8) is 0 Å². The Kier molecular flexibility index (Phi) is 4.54. The van der Waals surface area contributed by atoms with Gasteiger partial charge in [-0.2, -0.15) is 0 Å². The molecule has 2 heteroatoms. The largest absolute Gasteiger partial charge is 0.496 e. The normalized spacial score (nSPS) is 16.6. The van der Waals surface area contributed by atoms with E-state index in [2.05, 4.69) is 51.2 Å². The van der Waals surface area contributed by atoms with Gasteiger partial charge in [0.15, 0.2) is 0 Å². The van der Waals surface area contributed by atoms with Crippen LogP contribution in [0, 0.1) is 6.92 Å². The first-order valence-electron chi connectivity index (χ1n) is 7.52. The molecule has 0 amide bonds. The predicted molar refractivity (Wildman–Crippen MR) is 86.5 cm³/mol. The first-order valence-corrected chi connectivity index (χ1v) is 7.52. The van der Waals surface area contributed by atoms with Crippen LogP contribution >= 0.6 is 0 Å². The van der Waals surface area contributed by atoms with Gasteiger partial charge in [0.2, 0.25) is 0 Å².